The highest BCUT2D eigenvalue weighted by Crippen LogP contribution is 2.18. The van der Waals surface area contributed by atoms with Crippen LogP contribution >= 0.6 is 0 Å². The number of hydrogen-bond acceptors (Lipinski definition) is 4. The van der Waals surface area contributed by atoms with Gasteiger partial charge in [0.1, 0.15) is 11.1 Å². The first-order valence-corrected chi connectivity index (χ1v) is 11.6. The maximum Gasteiger partial charge on any atom is 0.259 e. The summed E-state index contributed by atoms with van der Waals surface area (Å²) in [6, 6.07) is 5.74. The molecule has 0 bridgehead atoms. The Morgan fingerprint density at radius 2 is 1.81 bits per heavy atom. The van der Waals surface area contributed by atoms with Gasteiger partial charge in [-0.15, -0.1) is 0 Å². The molecule has 2 aromatic rings. The summed E-state index contributed by atoms with van der Waals surface area (Å²) in [5, 5.41) is 3.04. The summed E-state index contributed by atoms with van der Waals surface area (Å²) >= 11 is 0. The van der Waals surface area contributed by atoms with Gasteiger partial charge >= 0.3 is 0 Å². The Kier molecular flexibility index (Phi) is 8.20. The van der Waals surface area contributed by atoms with Gasteiger partial charge in [-0.1, -0.05) is 31.7 Å². The SMILES string of the molecule is CC(C)n1cc(C(=O)NC2CCCCCC2)c(=O)c(C(=O)N(C)CCc2ccccn2)c1. The highest BCUT2D eigenvalue weighted by Gasteiger charge is 2.24. The third-order valence-corrected chi connectivity index (χ3v) is 6.08. The van der Waals surface area contributed by atoms with E-state index in [2.05, 4.69) is 10.3 Å². The zero-order valence-electron chi connectivity index (χ0n) is 19.3. The van der Waals surface area contributed by atoms with Gasteiger partial charge in [0.05, 0.1) is 0 Å². The van der Waals surface area contributed by atoms with Crippen LogP contribution in [-0.2, 0) is 6.42 Å². The number of nitrogens with zero attached hydrogens (tertiary/aromatic N) is 3. The van der Waals surface area contributed by atoms with Crippen molar-refractivity contribution in [2.75, 3.05) is 13.6 Å². The predicted octanol–water partition coefficient (Wildman–Crippen LogP) is 3.59. The number of amides is 2. The predicted molar refractivity (Wildman–Crippen MR) is 125 cm³/mol. The first-order chi connectivity index (χ1) is 15.4. The highest BCUT2D eigenvalue weighted by molar-refractivity contribution is 5.99. The molecule has 1 fully saturated rings. The Labute approximate surface area is 189 Å². The number of rotatable bonds is 7. The molecule has 2 amide bonds. The zero-order chi connectivity index (χ0) is 23.1. The van der Waals surface area contributed by atoms with Crippen LogP contribution in [0.3, 0.4) is 0 Å². The number of aromatic nitrogens is 2. The monoisotopic (exact) mass is 438 g/mol. The molecule has 7 nitrogen and oxygen atoms in total. The quantitative estimate of drug-likeness (QED) is 0.670. The summed E-state index contributed by atoms with van der Waals surface area (Å²) in [6.07, 6.45) is 11.8. The van der Waals surface area contributed by atoms with Gasteiger partial charge in [-0.3, -0.25) is 19.4 Å². The highest BCUT2D eigenvalue weighted by atomic mass is 16.2. The topological polar surface area (TPSA) is 84.3 Å². The molecule has 0 aliphatic heterocycles. The lowest BCUT2D eigenvalue weighted by molar-refractivity contribution is 0.0794. The van der Waals surface area contributed by atoms with Gasteiger partial charge in [-0.25, -0.2) is 0 Å². The molecule has 0 unspecified atom stereocenters. The molecule has 1 saturated carbocycles. The van der Waals surface area contributed by atoms with Crippen LogP contribution in [0.4, 0.5) is 0 Å². The van der Waals surface area contributed by atoms with Gasteiger partial charge in [-0.2, -0.15) is 0 Å². The Balaban J connectivity index is 1.81. The third kappa shape index (κ3) is 6.05. The Hall–Kier alpha value is -2.96. The molecule has 3 rings (SSSR count). The number of hydrogen-bond donors (Lipinski definition) is 1. The normalized spacial score (nSPS) is 14.8. The Bertz CT molecular complexity index is 976. The van der Waals surface area contributed by atoms with E-state index in [1.807, 2.05) is 32.0 Å². The molecule has 0 atom stereocenters. The van der Waals surface area contributed by atoms with Crippen molar-refractivity contribution in [2.24, 2.45) is 0 Å². The lowest BCUT2D eigenvalue weighted by Crippen LogP contribution is -2.40. The summed E-state index contributed by atoms with van der Waals surface area (Å²) in [6.45, 7) is 4.34. The van der Waals surface area contributed by atoms with Crippen molar-refractivity contribution in [3.05, 3.63) is 63.8 Å². The van der Waals surface area contributed by atoms with E-state index >= 15 is 0 Å². The molecule has 1 aliphatic carbocycles. The number of nitrogens with one attached hydrogen (secondary N) is 1. The maximum absolute atomic E-state index is 13.2. The fourth-order valence-electron chi connectivity index (χ4n) is 4.03. The summed E-state index contributed by atoms with van der Waals surface area (Å²) in [4.78, 5) is 45.1. The second kappa shape index (κ2) is 11.1. The van der Waals surface area contributed by atoms with Crippen molar-refractivity contribution >= 4 is 11.8 Å². The van der Waals surface area contributed by atoms with E-state index in [0.29, 0.717) is 13.0 Å². The molecular weight excluding hydrogens is 404 g/mol. The van der Waals surface area contributed by atoms with Gasteiger partial charge in [0.25, 0.3) is 11.8 Å². The molecule has 172 valence electrons. The molecule has 0 saturated heterocycles. The third-order valence-electron chi connectivity index (χ3n) is 6.08. The van der Waals surface area contributed by atoms with Crippen LogP contribution < -0.4 is 10.7 Å². The molecule has 2 aromatic heterocycles. The van der Waals surface area contributed by atoms with Crippen LogP contribution in [0.1, 0.15) is 84.8 Å². The molecule has 1 aliphatic rings. The van der Waals surface area contributed by atoms with E-state index in [9.17, 15) is 14.4 Å². The molecule has 0 aromatic carbocycles. The van der Waals surface area contributed by atoms with E-state index in [4.69, 9.17) is 0 Å². The van der Waals surface area contributed by atoms with Crippen LogP contribution in [0.2, 0.25) is 0 Å². The number of carbonyl (C=O) groups excluding carboxylic acids is 2. The maximum atomic E-state index is 13.2. The number of likely N-dealkylation sites (N-methyl/N-ethyl adjacent to an activating group) is 1. The molecule has 0 radical (unpaired) electrons. The van der Waals surface area contributed by atoms with Crippen molar-refractivity contribution in [1.82, 2.24) is 19.8 Å². The van der Waals surface area contributed by atoms with Crippen LogP contribution in [0.5, 0.6) is 0 Å². The molecule has 7 heteroatoms. The first kappa shape index (κ1) is 23.7. The van der Waals surface area contributed by atoms with Crippen LogP contribution in [-0.4, -0.2) is 45.9 Å². The zero-order valence-corrected chi connectivity index (χ0v) is 19.3. The molecule has 0 spiro atoms. The first-order valence-electron chi connectivity index (χ1n) is 11.6. The van der Waals surface area contributed by atoms with Gasteiger partial charge in [0.15, 0.2) is 0 Å². The smallest absolute Gasteiger partial charge is 0.259 e. The second-order valence-corrected chi connectivity index (χ2v) is 8.92. The summed E-state index contributed by atoms with van der Waals surface area (Å²) in [7, 11) is 1.67. The lowest BCUT2D eigenvalue weighted by atomic mass is 10.1. The number of carbonyl (C=O) groups is 2. The minimum Gasteiger partial charge on any atom is -0.350 e. The van der Waals surface area contributed by atoms with Crippen LogP contribution in [0.15, 0.2) is 41.6 Å². The average molecular weight is 439 g/mol. The van der Waals surface area contributed by atoms with Crippen molar-refractivity contribution in [2.45, 2.75) is 70.9 Å². The van der Waals surface area contributed by atoms with E-state index in [1.54, 1.807) is 30.2 Å². The second-order valence-electron chi connectivity index (χ2n) is 8.92. The molecular formula is C25H34N4O3. The van der Waals surface area contributed by atoms with E-state index < -0.39 is 5.43 Å². The van der Waals surface area contributed by atoms with Gasteiger partial charge in [-0.05, 0) is 38.8 Å². The molecule has 2 heterocycles. The van der Waals surface area contributed by atoms with Crippen LogP contribution in [0.25, 0.3) is 0 Å². The van der Waals surface area contributed by atoms with Crippen LogP contribution in [0, 0.1) is 0 Å². The fraction of sp³-hybridized carbons (Fsp3) is 0.520. The molecule has 32 heavy (non-hydrogen) atoms. The van der Waals surface area contributed by atoms with Gasteiger partial charge in [0, 0.05) is 56.4 Å². The van der Waals surface area contributed by atoms with Gasteiger partial charge < -0.3 is 14.8 Å². The van der Waals surface area contributed by atoms with E-state index in [-0.39, 0.29) is 35.0 Å². The lowest BCUT2D eigenvalue weighted by Gasteiger charge is -2.20. The average Bonchev–Trinajstić information content (AvgIpc) is 3.06. The number of pyridine rings is 2. The Morgan fingerprint density at radius 1 is 1.12 bits per heavy atom. The standard InChI is InChI=1S/C25H34N4O3/c1-18(2)29-16-21(24(31)27-20-11-6-4-5-7-12-20)23(30)22(17-29)25(32)28(3)15-13-19-10-8-9-14-26-19/h8-10,14,16-18,20H,4-7,11-13,15H2,1-3H3,(H,27,31). The summed E-state index contributed by atoms with van der Waals surface area (Å²) in [5.74, 6) is -0.772. The molecule has 1 N–H and O–H groups in total. The van der Waals surface area contributed by atoms with Crippen molar-refractivity contribution in [3.63, 3.8) is 0 Å². The minimum absolute atomic E-state index is 0.00501. The summed E-state index contributed by atoms with van der Waals surface area (Å²) in [5.41, 5.74) is 0.425. The van der Waals surface area contributed by atoms with E-state index in [1.165, 1.54) is 17.7 Å². The van der Waals surface area contributed by atoms with Crippen molar-refractivity contribution < 1.29 is 9.59 Å². The largest absolute Gasteiger partial charge is 0.350 e. The van der Waals surface area contributed by atoms with Crippen molar-refractivity contribution in [3.8, 4) is 0 Å². The summed E-state index contributed by atoms with van der Waals surface area (Å²) < 4.78 is 1.77. The van der Waals surface area contributed by atoms with Crippen molar-refractivity contribution in [1.29, 1.82) is 0 Å². The Morgan fingerprint density at radius 3 is 2.44 bits per heavy atom. The fourth-order valence-corrected chi connectivity index (χ4v) is 4.03. The minimum atomic E-state index is -0.511. The van der Waals surface area contributed by atoms with E-state index in [0.717, 1.165) is 31.4 Å². The van der Waals surface area contributed by atoms with Gasteiger partial charge in [0.2, 0.25) is 5.43 Å².